The van der Waals surface area contributed by atoms with Crippen LogP contribution >= 0.6 is 11.3 Å². The Morgan fingerprint density at radius 3 is 2.70 bits per heavy atom. The lowest BCUT2D eigenvalue weighted by Crippen LogP contribution is -2.39. The maximum absolute atomic E-state index is 12.8. The number of hydrogen-bond donors (Lipinski definition) is 1. The van der Waals surface area contributed by atoms with Gasteiger partial charge in [0.1, 0.15) is 6.17 Å². The standard InChI is InChI=1S/C16H26N2OS/c1-5-8-12(4)18-15(13-9-7-10-20-13)17-14(16(18)19)11(3)6-2/h7,9-12,14-15,17H,5-6,8H2,1-4H3. The minimum atomic E-state index is -0.0357. The fourth-order valence-corrected chi connectivity index (χ4v) is 3.73. The molecular weight excluding hydrogens is 268 g/mol. The van der Waals surface area contributed by atoms with E-state index in [9.17, 15) is 4.79 Å². The van der Waals surface area contributed by atoms with Crippen molar-refractivity contribution < 1.29 is 4.79 Å². The highest BCUT2D eigenvalue weighted by Gasteiger charge is 2.43. The van der Waals surface area contributed by atoms with E-state index in [1.165, 1.54) is 4.88 Å². The number of amides is 1. The fourth-order valence-electron chi connectivity index (χ4n) is 2.95. The lowest BCUT2D eigenvalue weighted by molar-refractivity contribution is -0.133. The second-order valence-electron chi connectivity index (χ2n) is 5.83. The number of rotatable bonds is 6. The van der Waals surface area contributed by atoms with Crippen LogP contribution in [0.4, 0.5) is 0 Å². The maximum Gasteiger partial charge on any atom is 0.241 e. The van der Waals surface area contributed by atoms with Gasteiger partial charge in [-0.1, -0.05) is 39.7 Å². The molecule has 1 saturated heterocycles. The topological polar surface area (TPSA) is 32.3 Å². The average molecular weight is 294 g/mol. The molecule has 4 heteroatoms. The van der Waals surface area contributed by atoms with E-state index in [1.54, 1.807) is 11.3 Å². The van der Waals surface area contributed by atoms with Gasteiger partial charge in [0.05, 0.1) is 6.04 Å². The summed E-state index contributed by atoms with van der Waals surface area (Å²) in [5.41, 5.74) is 0. The van der Waals surface area contributed by atoms with Gasteiger partial charge >= 0.3 is 0 Å². The molecule has 1 fully saturated rings. The van der Waals surface area contributed by atoms with E-state index >= 15 is 0 Å². The number of hydrogen-bond acceptors (Lipinski definition) is 3. The van der Waals surface area contributed by atoms with E-state index in [1.807, 2.05) is 0 Å². The summed E-state index contributed by atoms with van der Waals surface area (Å²) < 4.78 is 0. The molecule has 2 heterocycles. The molecule has 0 aliphatic carbocycles. The smallest absolute Gasteiger partial charge is 0.241 e. The first-order valence-corrected chi connectivity index (χ1v) is 8.59. The van der Waals surface area contributed by atoms with Crippen LogP contribution in [0.5, 0.6) is 0 Å². The van der Waals surface area contributed by atoms with E-state index in [2.05, 4.69) is 55.4 Å². The SMILES string of the molecule is CCCC(C)N1C(=O)C(C(C)CC)NC1c1cccs1. The molecule has 2 rings (SSSR count). The molecule has 1 aromatic rings. The van der Waals surface area contributed by atoms with Crippen molar-refractivity contribution in [3.05, 3.63) is 22.4 Å². The second-order valence-corrected chi connectivity index (χ2v) is 6.81. The normalized spacial score (nSPS) is 26.0. The highest BCUT2D eigenvalue weighted by molar-refractivity contribution is 7.10. The highest BCUT2D eigenvalue weighted by Crippen LogP contribution is 2.33. The van der Waals surface area contributed by atoms with Crippen LogP contribution in [0, 0.1) is 5.92 Å². The van der Waals surface area contributed by atoms with Crippen molar-refractivity contribution in [2.24, 2.45) is 5.92 Å². The average Bonchev–Trinajstić information content (AvgIpc) is 3.05. The van der Waals surface area contributed by atoms with Crippen LogP contribution in [-0.2, 0) is 4.79 Å². The third-order valence-electron chi connectivity index (χ3n) is 4.34. The van der Waals surface area contributed by atoms with Crippen molar-refractivity contribution in [3.8, 4) is 0 Å². The monoisotopic (exact) mass is 294 g/mol. The zero-order chi connectivity index (χ0) is 14.7. The Hall–Kier alpha value is -0.870. The maximum atomic E-state index is 12.8. The van der Waals surface area contributed by atoms with Gasteiger partial charge in [-0.15, -0.1) is 11.3 Å². The van der Waals surface area contributed by atoms with Gasteiger partial charge in [-0.2, -0.15) is 0 Å². The molecule has 3 nitrogen and oxygen atoms in total. The molecule has 4 atom stereocenters. The molecular formula is C16H26N2OS. The zero-order valence-corrected chi connectivity index (χ0v) is 13.7. The van der Waals surface area contributed by atoms with E-state index in [-0.39, 0.29) is 18.1 Å². The number of nitrogens with zero attached hydrogens (tertiary/aromatic N) is 1. The van der Waals surface area contributed by atoms with Gasteiger partial charge in [-0.25, -0.2) is 0 Å². The molecule has 0 radical (unpaired) electrons. The lowest BCUT2D eigenvalue weighted by Gasteiger charge is -2.29. The first-order chi connectivity index (χ1) is 9.60. The van der Waals surface area contributed by atoms with Gasteiger partial charge in [0.25, 0.3) is 0 Å². The molecule has 1 amide bonds. The van der Waals surface area contributed by atoms with E-state index < -0.39 is 0 Å². The van der Waals surface area contributed by atoms with Crippen molar-refractivity contribution in [3.63, 3.8) is 0 Å². The van der Waals surface area contributed by atoms with Gasteiger partial charge in [0.15, 0.2) is 0 Å². The van der Waals surface area contributed by atoms with Crippen molar-refractivity contribution in [2.45, 2.75) is 65.2 Å². The van der Waals surface area contributed by atoms with E-state index in [0.29, 0.717) is 12.0 Å². The molecule has 4 unspecified atom stereocenters. The van der Waals surface area contributed by atoms with Gasteiger partial charge in [0, 0.05) is 10.9 Å². The summed E-state index contributed by atoms with van der Waals surface area (Å²) in [6.07, 6.45) is 3.25. The highest BCUT2D eigenvalue weighted by atomic mass is 32.1. The molecule has 1 N–H and O–H groups in total. The second kappa shape index (κ2) is 6.72. The summed E-state index contributed by atoms with van der Waals surface area (Å²) >= 11 is 1.73. The Morgan fingerprint density at radius 1 is 1.40 bits per heavy atom. The van der Waals surface area contributed by atoms with Crippen LogP contribution in [0.25, 0.3) is 0 Å². The van der Waals surface area contributed by atoms with Crippen LogP contribution in [0.15, 0.2) is 17.5 Å². The van der Waals surface area contributed by atoms with Crippen LogP contribution in [0.2, 0.25) is 0 Å². The predicted octanol–water partition coefficient (Wildman–Crippen LogP) is 3.78. The third-order valence-corrected chi connectivity index (χ3v) is 5.27. The summed E-state index contributed by atoms with van der Waals surface area (Å²) in [5, 5.41) is 5.65. The number of thiophene rings is 1. The Balaban J connectivity index is 2.25. The molecule has 1 aliphatic heterocycles. The summed E-state index contributed by atoms with van der Waals surface area (Å²) in [5.74, 6) is 0.655. The number of carbonyl (C=O) groups excluding carboxylic acids is 1. The van der Waals surface area contributed by atoms with Gasteiger partial charge in [-0.05, 0) is 30.7 Å². The molecule has 0 saturated carbocycles. The molecule has 1 aromatic heterocycles. The van der Waals surface area contributed by atoms with Crippen molar-refractivity contribution in [1.82, 2.24) is 10.2 Å². The Bertz CT molecular complexity index is 432. The molecule has 0 aromatic carbocycles. The van der Waals surface area contributed by atoms with Gasteiger partial charge in [0.2, 0.25) is 5.91 Å². The van der Waals surface area contributed by atoms with Gasteiger partial charge in [-0.3, -0.25) is 10.1 Å². The summed E-state index contributed by atoms with van der Waals surface area (Å²) in [6.45, 7) is 8.66. The summed E-state index contributed by atoms with van der Waals surface area (Å²) in [4.78, 5) is 16.1. The predicted molar refractivity (Wildman–Crippen MR) is 84.7 cm³/mol. The van der Waals surface area contributed by atoms with Crippen molar-refractivity contribution in [2.75, 3.05) is 0 Å². The Morgan fingerprint density at radius 2 is 2.15 bits per heavy atom. The van der Waals surface area contributed by atoms with Crippen molar-refractivity contribution >= 4 is 17.2 Å². The third kappa shape index (κ3) is 2.91. The molecule has 0 spiro atoms. The molecule has 20 heavy (non-hydrogen) atoms. The van der Waals surface area contributed by atoms with Gasteiger partial charge < -0.3 is 4.90 Å². The molecule has 1 aliphatic rings. The van der Waals surface area contributed by atoms with Crippen LogP contribution in [-0.4, -0.2) is 22.9 Å². The van der Waals surface area contributed by atoms with E-state index in [4.69, 9.17) is 0 Å². The molecule has 112 valence electrons. The van der Waals surface area contributed by atoms with Crippen LogP contribution in [0.3, 0.4) is 0 Å². The quantitative estimate of drug-likeness (QED) is 0.866. The van der Waals surface area contributed by atoms with Crippen LogP contribution < -0.4 is 5.32 Å². The first kappa shape index (κ1) is 15.5. The minimum Gasteiger partial charge on any atom is -0.318 e. The summed E-state index contributed by atoms with van der Waals surface area (Å²) in [7, 11) is 0. The molecule has 0 bridgehead atoms. The summed E-state index contributed by atoms with van der Waals surface area (Å²) in [6, 6.07) is 4.44. The fraction of sp³-hybridized carbons (Fsp3) is 0.688. The van der Waals surface area contributed by atoms with Crippen LogP contribution in [0.1, 0.15) is 58.0 Å². The Kier molecular flexibility index (Phi) is 5.22. The number of nitrogens with one attached hydrogen (secondary N) is 1. The van der Waals surface area contributed by atoms with Crippen molar-refractivity contribution in [1.29, 1.82) is 0 Å². The Labute approximate surface area is 126 Å². The van der Waals surface area contributed by atoms with E-state index in [0.717, 1.165) is 19.3 Å². The zero-order valence-electron chi connectivity index (χ0n) is 12.9. The lowest BCUT2D eigenvalue weighted by atomic mass is 9.99. The number of carbonyl (C=O) groups is 1. The first-order valence-electron chi connectivity index (χ1n) is 7.71. The largest absolute Gasteiger partial charge is 0.318 e. The minimum absolute atomic E-state index is 0.0357.